The summed E-state index contributed by atoms with van der Waals surface area (Å²) in [5.74, 6) is -0.237. The van der Waals surface area contributed by atoms with Crippen molar-refractivity contribution >= 4 is 56.2 Å². The number of anilines is 1. The predicted molar refractivity (Wildman–Crippen MR) is 107 cm³/mol. The molecular formula is C16H15ClN4O4S3. The lowest BCUT2D eigenvalue weighted by Gasteiger charge is -2.29. The Labute approximate surface area is 174 Å². The van der Waals surface area contributed by atoms with Gasteiger partial charge in [0.05, 0.1) is 4.34 Å². The van der Waals surface area contributed by atoms with Crippen LogP contribution in [-0.4, -0.2) is 41.9 Å². The second-order valence-electron chi connectivity index (χ2n) is 6.15. The molecule has 4 heterocycles. The number of halogens is 1. The summed E-state index contributed by atoms with van der Waals surface area (Å²) in [6.45, 7) is 0.528. The molecule has 1 saturated heterocycles. The molecule has 12 heteroatoms. The fraction of sp³-hybridized carbons (Fsp3) is 0.312. The molecule has 0 saturated carbocycles. The van der Waals surface area contributed by atoms with Crippen molar-refractivity contribution in [2.75, 3.05) is 18.4 Å². The molecule has 1 aliphatic heterocycles. The summed E-state index contributed by atoms with van der Waals surface area (Å²) in [6, 6.07) is 4.95. The van der Waals surface area contributed by atoms with Gasteiger partial charge in [-0.15, -0.1) is 16.4 Å². The first-order chi connectivity index (χ1) is 13.4. The fourth-order valence-electron chi connectivity index (χ4n) is 2.91. The van der Waals surface area contributed by atoms with E-state index in [-0.39, 0.29) is 35.1 Å². The van der Waals surface area contributed by atoms with Crippen LogP contribution in [0, 0.1) is 5.92 Å². The number of carbonyl (C=O) groups is 1. The van der Waals surface area contributed by atoms with Gasteiger partial charge in [0.15, 0.2) is 0 Å². The molecule has 3 aromatic heterocycles. The van der Waals surface area contributed by atoms with E-state index in [9.17, 15) is 13.2 Å². The molecule has 0 aromatic carbocycles. The fourth-order valence-corrected chi connectivity index (χ4v) is 6.64. The Morgan fingerprint density at radius 3 is 2.68 bits per heavy atom. The topological polar surface area (TPSA) is 105 Å². The quantitative estimate of drug-likeness (QED) is 0.626. The second-order valence-corrected chi connectivity index (χ2v) is 10.8. The number of hydrogen-bond acceptors (Lipinski definition) is 8. The summed E-state index contributed by atoms with van der Waals surface area (Å²) in [7, 11) is -3.58. The first-order valence-corrected chi connectivity index (χ1v) is 11.9. The Balaban J connectivity index is 1.35. The van der Waals surface area contributed by atoms with Crippen molar-refractivity contribution in [3.8, 4) is 11.5 Å². The number of amides is 1. The molecule has 148 valence electrons. The highest BCUT2D eigenvalue weighted by atomic mass is 35.5. The van der Waals surface area contributed by atoms with Gasteiger partial charge in [-0.1, -0.05) is 16.7 Å². The van der Waals surface area contributed by atoms with Gasteiger partial charge in [-0.2, -0.15) is 15.6 Å². The molecular weight excluding hydrogens is 444 g/mol. The minimum Gasteiger partial charge on any atom is -0.403 e. The third-order valence-electron chi connectivity index (χ3n) is 4.39. The van der Waals surface area contributed by atoms with Crippen molar-refractivity contribution < 1.29 is 17.6 Å². The van der Waals surface area contributed by atoms with Gasteiger partial charge >= 0.3 is 6.01 Å². The number of nitrogens with zero attached hydrogens (tertiary/aromatic N) is 3. The molecule has 0 radical (unpaired) electrons. The third-order valence-corrected chi connectivity index (χ3v) is 8.67. The summed E-state index contributed by atoms with van der Waals surface area (Å²) in [4.78, 5) is 12.5. The van der Waals surface area contributed by atoms with E-state index in [0.29, 0.717) is 23.1 Å². The summed E-state index contributed by atoms with van der Waals surface area (Å²) >= 11 is 8.38. The normalized spacial score (nSPS) is 16.3. The van der Waals surface area contributed by atoms with Crippen LogP contribution in [0.15, 0.2) is 37.6 Å². The van der Waals surface area contributed by atoms with Gasteiger partial charge in [-0.25, -0.2) is 8.42 Å². The van der Waals surface area contributed by atoms with Crippen molar-refractivity contribution in [3.05, 3.63) is 33.3 Å². The first kappa shape index (κ1) is 19.5. The van der Waals surface area contributed by atoms with Gasteiger partial charge in [-0.05, 0) is 36.4 Å². The first-order valence-electron chi connectivity index (χ1n) is 8.36. The third kappa shape index (κ3) is 3.98. The Hall–Kier alpha value is -1.79. The largest absolute Gasteiger partial charge is 0.403 e. The standard InChI is InChI=1S/C16H15ClN4O4S3/c17-12-1-2-13(27-12)28(23,24)21-6-3-10(4-7-21)14(22)18-16-20-19-15(25-16)11-5-8-26-9-11/h1-2,5,8-10H,3-4,6-7H2,(H,18,20,22). The highest BCUT2D eigenvalue weighted by Crippen LogP contribution is 2.31. The summed E-state index contributed by atoms with van der Waals surface area (Å²) in [6.07, 6.45) is 0.825. The molecule has 0 aliphatic carbocycles. The predicted octanol–water partition coefficient (Wildman–Crippen LogP) is 3.55. The Morgan fingerprint density at radius 1 is 1.25 bits per heavy atom. The number of aromatic nitrogens is 2. The van der Waals surface area contributed by atoms with Crippen LogP contribution in [0.1, 0.15) is 12.8 Å². The van der Waals surface area contributed by atoms with Crippen LogP contribution in [0.3, 0.4) is 0 Å². The Kier molecular flexibility index (Phi) is 5.52. The lowest BCUT2D eigenvalue weighted by atomic mass is 9.97. The van der Waals surface area contributed by atoms with Crippen LogP contribution < -0.4 is 5.32 Å². The zero-order chi connectivity index (χ0) is 19.7. The number of hydrogen-bond donors (Lipinski definition) is 1. The SMILES string of the molecule is O=C(Nc1nnc(-c2ccsc2)o1)C1CCN(S(=O)(=O)c2ccc(Cl)s2)CC1. The van der Waals surface area contributed by atoms with Crippen LogP contribution in [0.4, 0.5) is 6.01 Å². The zero-order valence-electron chi connectivity index (χ0n) is 14.4. The number of sulfonamides is 1. The molecule has 1 N–H and O–H groups in total. The minimum absolute atomic E-state index is 0.0366. The van der Waals surface area contributed by atoms with Gasteiger partial charge < -0.3 is 4.42 Å². The average molecular weight is 459 g/mol. The van der Waals surface area contributed by atoms with Gasteiger partial charge in [0.2, 0.25) is 5.91 Å². The molecule has 1 fully saturated rings. The van der Waals surface area contributed by atoms with Crippen molar-refractivity contribution in [2.45, 2.75) is 17.1 Å². The highest BCUT2D eigenvalue weighted by molar-refractivity contribution is 7.91. The number of rotatable bonds is 5. The average Bonchev–Trinajstić information content (AvgIpc) is 3.43. The zero-order valence-corrected chi connectivity index (χ0v) is 17.6. The van der Waals surface area contributed by atoms with Crippen LogP contribution in [0.5, 0.6) is 0 Å². The van der Waals surface area contributed by atoms with Gasteiger partial charge in [0.1, 0.15) is 4.21 Å². The van der Waals surface area contributed by atoms with Crippen LogP contribution in [0.2, 0.25) is 4.34 Å². The molecule has 0 unspecified atom stereocenters. The van der Waals surface area contributed by atoms with Crippen molar-refractivity contribution in [2.24, 2.45) is 5.92 Å². The molecule has 0 spiro atoms. The smallest absolute Gasteiger partial charge is 0.322 e. The highest BCUT2D eigenvalue weighted by Gasteiger charge is 2.33. The van der Waals surface area contributed by atoms with E-state index in [1.807, 2.05) is 16.8 Å². The van der Waals surface area contributed by atoms with E-state index >= 15 is 0 Å². The summed E-state index contributed by atoms with van der Waals surface area (Å²) < 4.78 is 32.7. The lowest BCUT2D eigenvalue weighted by Crippen LogP contribution is -2.41. The Morgan fingerprint density at radius 2 is 2.04 bits per heavy atom. The van der Waals surface area contributed by atoms with Gasteiger partial charge in [0, 0.05) is 30.0 Å². The molecule has 1 aliphatic rings. The van der Waals surface area contributed by atoms with E-state index in [1.165, 1.54) is 21.7 Å². The van der Waals surface area contributed by atoms with Gasteiger partial charge in [-0.3, -0.25) is 10.1 Å². The number of thiophene rings is 2. The van der Waals surface area contributed by atoms with E-state index in [1.54, 1.807) is 6.07 Å². The molecule has 4 rings (SSSR count). The number of nitrogens with one attached hydrogen (secondary N) is 1. The molecule has 8 nitrogen and oxygen atoms in total. The van der Waals surface area contributed by atoms with Crippen molar-refractivity contribution in [1.82, 2.24) is 14.5 Å². The van der Waals surface area contributed by atoms with Crippen molar-refractivity contribution in [3.63, 3.8) is 0 Å². The molecule has 1 amide bonds. The molecule has 0 atom stereocenters. The lowest BCUT2D eigenvalue weighted by molar-refractivity contribution is -0.121. The van der Waals surface area contributed by atoms with E-state index in [2.05, 4.69) is 15.5 Å². The maximum atomic E-state index is 12.6. The molecule has 3 aromatic rings. The van der Waals surface area contributed by atoms with E-state index < -0.39 is 10.0 Å². The van der Waals surface area contributed by atoms with Crippen molar-refractivity contribution in [1.29, 1.82) is 0 Å². The summed E-state index contributed by atoms with van der Waals surface area (Å²) in [5.41, 5.74) is 0.796. The number of piperidine rings is 1. The van der Waals surface area contributed by atoms with Crippen LogP contribution in [-0.2, 0) is 14.8 Å². The Bertz CT molecular complexity index is 1070. The molecule has 0 bridgehead atoms. The van der Waals surface area contributed by atoms with E-state index in [0.717, 1.165) is 16.9 Å². The maximum Gasteiger partial charge on any atom is 0.322 e. The van der Waals surface area contributed by atoms with E-state index in [4.69, 9.17) is 16.0 Å². The van der Waals surface area contributed by atoms with Gasteiger partial charge in [0.25, 0.3) is 15.9 Å². The van der Waals surface area contributed by atoms with Crippen LogP contribution >= 0.6 is 34.3 Å². The minimum atomic E-state index is -3.58. The monoisotopic (exact) mass is 458 g/mol. The van der Waals surface area contributed by atoms with Crippen LogP contribution in [0.25, 0.3) is 11.5 Å². The number of carbonyl (C=O) groups excluding carboxylic acids is 1. The summed E-state index contributed by atoms with van der Waals surface area (Å²) in [5, 5.41) is 14.1. The maximum absolute atomic E-state index is 12.6. The molecule has 28 heavy (non-hydrogen) atoms. The second kappa shape index (κ2) is 7.91.